The summed E-state index contributed by atoms with van der Waals surface area (Å²) < 4.78 is 7.02. The summed E-state index contributed by atoms with van der Waals surface area (Å²) in [5.41, 5.74) is 0.960. The first kappa shape index (κ1) is 10.0. The summed E-state index contributed by atoms with van der Waals surface area (Å²) in [6.07, 6.45) is 1.19. The number of carbonyl (C=O) groups is 1. The molecule has 1 amide bonds. The molecule has 1 aromatic heterocycles. The zero-order chi connectivity index (χ0) is 10.8. The molecule has 1 atom stereocenters. The van der Waals surface area contributed by atoms with Gasteiger partial charge in [0.25, 0.3) is 0 Å². The molecule has 1 aliphatic heterocycles. The molecule has 0 aromatic carbocycles. The van der Waals surface area contributed by atoms with Crippen LogP contribution in [-0.4, -0.2) is 22.4 Å². The maximum absolute atomic E-state index is 10.9. The van der Waals surface area contributed by atoms with E-state index in [2.05, 4.69) is 24.3 Å². The van der Waals surface area contributed by atoms with Crippen LogP contribution >= 0.6 is 0 Å². The van der Waals surface area contributed by atoms with Crippen molar-refractivity contribution in [1.29, 1.82) is 0 Å². The Morgan fingerprint density at radius 3 is 3.13 bits per heavy atom. The zero-order valence-corrected chi connectivity index (χ0v) is 8.93. The van der Waals surface area contributed by atoms with E-state index in [4.69, 9.17) is 4.74 Å². The van der Waals surface area contributed by atoms with Crippen LogP contribution in [0.25, 0.3) is 0 Å². The highest BCUT2D eigenvalue weighted by Crippen LogP contribution is 2.20. The fourth-order valence-electron chi connectivity index (χ4n) is 1.67. The number of carbonyl (C=O) groups excluding carboxylic acids is 1. The summed E-state index contributed by atoms with van der Waals surface area (Å²) in [5, 5.41) is 6.86. The van der Waals surface area contributed by atoms with E-state index in [0.29, 0.717) is 12.5 Å². The minimum absolute atomic E-state index is 0.196. The van der Waals surface area contributed by atoms with E-state index >= 15 is 0 Å². The van der Waals surface area contributed by atoms with Crippen LogP contribution in [0, 0.1) is 5.92 Å². The second-order valence-electron chi connectivity index (χ2n) is 4.11. The van der Waals surface area contributed by atoms with Gasteiger partial charge in [-0.1, -0.05) is 13.8 Å². The van der Waals surface area contributed by atoms with Gasteiger partial charge in [0, 0.05) is 12.7 Å². The highest BCUT2D eigenvalue weighted by molar-refractivity contribution is 5.69. The summed E-state index contributed by atoms with van der Waals surface area (Å²) in [7, 11) is 0. The molecule has 2 heterocycles. The highest BCUT2D eigenvalue weighted by Gasteiger charge is 2.26. The minimum atomic E-state index is -0.350. The van der Waals surface area contributed by atoms with Crippen molar-refractivity contribution in [2.45, 2.75) is 26.5 Å². The molecule has 5 nitrogen and oxygen atoms in total. The van der Waals surface area contributed by atoms with Gasteiger partial charge in [-0.25, -0.2) is 4.79 Å². The molecule has 0 bridgehead atoms. The Hall–Kier alpha value is -1.52. The van der Waals surface area contributed by atoms with Gasteiger partial charge in [0.05, 0.1) is 12.2 Å². The lowest BCUT2D eigenvalue weighted by Crippen LogP contribution is -2.15. The molecule has 1 saturated heterocycles. The molecule has 0 radical (unpaired) electrons. The average molecular weight is 209 g/mol. The summed E-state index contributed by atoms with van der Waals surface area (Å²) in [4.78, 5) is 10.9. The van der Waals surface area contributed by atoms with Crippen LogP contribution in [0.1, 0.15) is 25.6 Å². The van der Waals surface area contributed by atoms with Crippen molar-refractivity contribution in [2.24, 2.45) is 5.92 Å². The highest BCUT2D eigenvalue weighted by atomic mass is 16.6. The molecular weight excluding hydrogens is 194 g/mol. The Bertz CT molecular complexity index is 359. The van der Waals surface area contributed by atoms with Gasteiger partial charge < -0.3 is 10.1 Å². The number of aromatic nitrogens is 2. The molecule has 0 aliphatic carbocycles. The Labute approximate surface area is 88.4 Å². The minimum Gasteiger partial charge on any atom is -0.438 e. The van der Waals surface area contributed by atoms with Crippen LogP contribution in [0.3, 0.4) is 0 Å². The second-order valence-corrected chi connectivity index (χ2v) is 4.11. The second kappa shape index (κ2) is 3.92. The first-order valence-corrected chi connectivity index (χ1v) is 5.13. The van der Waals surface area contributed by atoms with E-state index in [1.165, 1.54) is 0 Å². The molecule has 5 heteroatoms. The molecule has 2 rings (SSSR count). The smallest absolute Gasteiger partial charge is 0.408 e. The Kier molecular flexibility index (Phi) is 2.62. The largest absolute Gasteiger partial charge is 0.438 e. The van der Waals surface area contributed by atoms with E-state index < -0.39 is 0 Å². The summed E-state index contributed by atoms with van der Waals surface area (Å²) in [5.74, 6) is 0.522. The van der Waals surface area contributed by atoms with Gasteiger partial charge in [-0.2, -0.15) is 5.10 Å². The SMILES string of the molecule is CC(C)Cn1nccc1C1CNC(=O)O1. The zero-order valence-electron chi connectivity index (χ0n) is 8.93. The van der Waals surface area contributed by atoms with Crippen LogP contribution < -0.4 is 5.32 Å². The standard InChI is InChI=1S/C10H15N3O2/c1-7(2)6-13-8(3-4-12-13)9-5-11-10(14)15-9/h3-4,7,9H,5-6H2,1-2H3,(H,11,14). The predicted molar refractivity (Wildman–Crippen MR) is 54.3 cm³/mol. The average Bonchev–Trinajstić information content (AvgIpc) is 2.72. The van der Waals surface area contributed by atoms with Gasteiger partial charge in [-0.3, -0.25) is 4.68 Å². The van der Waals surface area contributed by atoms with Crippen molar-refractivity contribution in [3.63, 3.8) is 0 Å². The third-order valence-electron chi connectivity index (χ3n) is 2.30. The van der Waals surface area contributed by atoms with E-state index in [0.717, 1.165) is 12.2 Å². The molecule has 1 unspecified atom stereocenters. The fourth-order valence-corrected chi connectivity index (χ4v) is 1.67. The Balaban J connectivity index is 2.14. The van der Waals surface area contributed by atoms with Crippen LogP contribution in [0.5, 0.6) is 0 Å². The lowest BCUT2D eigenvalue weighted by molar-refractivity contribution is 0.136. The number of ether oxygens (including phenoxy) is 1. The van der Waals surface area contributed by atoms with Crippen molar-refractivity contribution >= 4 is 6.09 Å². The quantitative estimate of drug-likeness (QED) is 0.816. The fraction of sp³-hybridized carbons (Fsp3) is 0.600. The van der Waals surface area contributed by atoms with Gasteiger partial charge in [0.15, 0.2) is 6.10 Å². The van der Waals surface area contributed by atoms with E-state index in [-0.39, 0.29) is 12.2 Å². The molecule has 82 valence electrons. The van der Waals surface area contributed by atoms with Gasteiger partial charge in [-0.05, 0) is 12.0 Å². The number of hydrogen-bond acceptors (Lipinski definition) is 3. The van der Waals surface area contributed by atoms with Gasteiger partial charge in [0.1, 0.15) is 0 Å². The maximum Gasteiger partial charge on any atom is 0.408 e. The number of alkyl carbamates (subject to hydrolysis) is 1. The third kappa shape index (κ3) is 2.11. The van der Waals surface area contributed by atoms with Crippen LogP contribution in [0.4, 0.5) is 4.79 Å². The maximum atomic E-state index is 10.9. The molecule has 1 aromatic rings. The molecule has 0 spiro atoms. The van der Waals surface area contributed by atoms with Crippen molar-refractivity contribution in [3.05, 3.63) is 18.0 Å². The Morgan fingerprint density at radius 1 is 1.73 bits per heavy atom. The first-order valence-electron chi connectivity index (χ1n) is 5.13. The number of nitrogens with zero attached hydrogens (tertiary/aromatic N) is 2. The number of rotatable bonds is 3. The Morgan fingerprint density at radius 2 is 2.53 bits per heavy atom. The molecule has 1 fully saturated rings. The van der Waals surface area contributed by atoms with E-state index in [9.17, 15) is 4.79 Å². The topological polar surface area (TPSA) is 56.2 Å². The molecular formula is C10H15N3O2. The normalized spacial score (nSPS) is 20.5. The van der Waals surface area contributed by atoms with Crippen LogP contribution in [-0.2, 0) is 11.3 Å². The van der Waals surface area contributed by atoms with E-state index in [1.807, 2.05) is 10.7 Å². The summed E-state index contributed by atoms with van der Waals surface area (Å²) in [6.45, 7) is 5.63. The lowest BCUT2D eigenvalue weighted by Gasteiger charge is -2.12. The van der Waals surface area contributed by atoms with E-state index in [1.54, 1.807) is 6.20 Å². The first-order chi connectivity index (χ1) is 7.16. The number of amides is 1. The predicted octanol–water partition coefficient (Wildman–Crippen LogP) is 1.32. The van der Waals surface area contributed by atoms with Crippen LogP contribution in [0.15, 0.2) is 12.3 Å². The van der Waals surface area contributed by atoms with Crippen LogP contribution in [0.2, 0.25) is 0 Å². The third-order valence-corrected chi connectivity index (χ3v) is 2.30. The molecule has 1 N–H and O–H groups in total. The number of cyclic esters (lactones) is 1. The number of nitrogens with one attached hydrogen (secondary N) is 1. The van der Waals surface area contributed by atoms with Gasteiger partial charge in [-0.15, -0.1) is 0 Å². The number of hydrogen-bond donors (Lipinski definition) is 1. The lowest BCUT2D eigenvalue weighted by atomic mass is 10.2. The van der Waals surface area contributed by atoms with Crippen molar-refractivity contribution in [1.82, 2.24) is 15.1 Å². The van der Waals surface area contributed by atoms with Crippen molar-refractivity contribution in [2.75, 3.05) is 6.54 Å². The molecule has 1 aliphatic rings. The molecule has 0 saturated carbocycles. The summed E-state index contributed by atoms with van der Waals surface area (Å²) >= 11 is 0. The van der Waals surface area contributed by atoms with Gasteiger partial charge in [0.2, 0.25) is 0 Å². The van der Waals surface area contributed by atoms with Crippen molar-refractivity contribution < 1.29 is 9.53 Å². The van der Waals surface area contributed by atoms with Gasteiger partial charge >= 0.3 is 6.09 Å². The van der Waals surface area contributed by atoms with Crippen molar-refractivity contribution in [3.8, 4) is 0 Å². The summed E-state index contributed by atoms with van der Waals surface area (Å²) in [6, 6.07) is 1.90. The molecule has 15 heavy (non-hydrogen) atoms. The monoisotopic (exact) mass is 209 g/mol.